The molecule has 0 saturated carbocycles. The van der Waals surface area contributed by atoms with Crippen molar-refractivity contribution in [2.75, 3.05) is 13.6 Å². The summed E-state index contributed by atoms with van der Waals surface area (Å²) < 4.78 is 25.9. The summed E-state index contributed by atoms with van der Waals surface area (Å²) >= 11 is 0. The number of hydrogen-bond donors (Lipinski definition) is 0. The Morgan fingerprint density at radius 3 is 2.65 bits per heavy atom. The molecule has 1 fully saturated rings. The van der Waals surface area contributed by atoms with Crippen LogP contribution in [0.5, 0.6) is 0 Å². The highest BCUT2D eigenvalue weighted by molar-refractivity contribution is 5.78. The van der Waals surface area contributed by atoms with Gasteiger partial charge in [0.1, 0.15) is 0 Å². The first-order chi connectivity index (χ1) is 8.04. The van der Waals surface area contributed by atoms with Crippen LogP contribution in [0.15, 0.2) is 18.2 Å². The summed E-state index contributed by atoms with van der Waals surface area (Å²) in [6.07, 6.45) is 1.74. The lowest BCUT2D eigenvalue weighted by Gasteiger charge is -2.17. The molecule has 88 valence electrons. The van der Waals surface area contributed by atoms with E-state index in [0.29, 0.717) is 5.56 Å². The van der Waals surface area contributed by atoms with Crippen LogP contribution in [-0.2, 0) is 0 Å². The van der Waals surface area contributed by atoms with Gasteiger partial charge in [0.25, 0.3) is 0 Å². The average molecular weight is 237 g/mol. The minimum Gasteiger partial charge on any atom is -0.318 e. The van der Waals surface area contributed by atoms with Crippen LogP contribution < -0.4 is 0 Å². The van der Waals surface area contributed by atoms with E-state index >= 15 is 0 Å². The molecule has 4 nitrogen and oxygen atoms in total. The van der Waals surface area contributed by atoms with Crippen LogP contribution in [0.2, 0.25) is 0 Å². The second-order valence-electron chi connectivity index (χ2n) is 3.79. The fraction of sp³-hybridized carbons (Fsp3) is 0.273. The second-order valence-corrected chi connectivity index (χ2v) is 3.79. The predicted octanol–water partition coefficient (Wildman–Crippen LogP) is 1.85. The van der Waals surface area contributed by atoms with Crippen LogP contribution in [0.1, 0.15) is 11.6 Å². The van der Waals surface area contributed by atoms with Crippen LogP contribution >= 0.6 is 0 Å². The van der Waals surface area contributed by atoms with Crippen molar-refractivity contribution >= 4 is 6.03 Å². The summed E-state index contributed by atoms with van der Waals surface area (Å²) in [5.41, 5.74) is 0.470. The van der Waals surface area contributed by atoms with E-state index in [0.717, 1.165) is 17.0 Å². The van der Waals surface area contributed by atoms with Crippen molar-refractivity contribution in [3.05, 3.63) is 35.4 Å². The van der Waals surface area contributed by atoms with Crippen LogP contribution in [0.3, 0.4) is 0 Å². The van der Waals surface area contributed by atoms with Crippen molar-refractivity contribution < 1.29 is 13.6 Å². The van der Waals surface area contributed by atoms with Crippen LogP contribution in [0.4, 0.5) is 13.6 Å². The number of amides is 2. The van der Waals surface area contributed by atoms with E-state index in [2.05, 4.69) is 0 Å². The molecule has 0 N–H and O–H groups in total. The van der Waals surface area contributed by atoms with Crippen molar-refractivity contribution in [3.8, 4) is 6.19 Å². The first kappa shape index (κ1) is 11.3. The number of rotatable bonds is 1. The topological polar surface area (TPSA) is 47.3 Å². The minimum absolute atomic E-state index is 0.150. The highest BCUT2D eigenvalue weighted by atomic mass is 19.2. The van der Waals surface area contributed by atoms with E-state index in [-0.39, 0.29) is 6.54 Å². The molecule has 1 unspecified atom stereocenters. The average Bonchev–Trinajstić information content (AvgIpc) is 2.60. The molecule has 1 saturated heterocycles. The third kappa shape index (κ3) is 1.80. The van der Waals surface area contributed by atoms with Crippen molar-refractivity contribution in [1.29, 1.82) is 5.26 Å². The Morgan fingerprint density at radius 1 is 1.41 bits per heavy atom. The van der Waals surface area contributed by atoms with Gasteiger partial charge in [-0.15, -0.1) is 0 Å². The van der Waals surface area contributed by atoms with Crippen LogP contribution in [-0.4, -0.2) is 29.4 Å². The maximum atomic E-state index is 13.1. The summed E-state index contributed by atoms with van der Waals surface area (Å²) in [5, 5.41) is 8.71. The third-order valence-corrected chi connectivity index (χ3v) is 2.80. The lowest BCUT2D eigenvalue weighted by atomic mass is 10.1. The lowest BCUT2D eigenvalue weighted by Crippen LogP contribution is -2.26. The maximum Gasteiger partial charge on any atom is 0.333 e. The Morgan fingerprint density at radius 2 is 2.12 bits per heavy atom. The van der Waals surface area contributed by atoms with Gasteiger partial charge in [-0.3, -0.25) is 0 Å². The van der Waals surface area contributed by atoms with Gasteiger partial charge < -0.3 is 4.90 Å². The minimum atomic E-state index is -0.959. The van der Waals surface area contributed by atoms with Gasteiger partial charge in [0.15, 0.2) is 17.8 Å². The predicted molar refractivity (Wildman–Crippen MR) is 54.6 cm³/mol. The van der Waals surface area contributed by atoms with Crippen LogP contribution in [0, 0.1) is 23.1 Å². The molecule has 1 aromatic carbocycles. The molecule has 1 aliphatic rings. The molecule has 1 aliphatic heterocycles. The zero-order valence-electron chi connectivity index (χ0n) is 9.02. The molecular weight excluding hydrogens is 228 g/mol. The summed E-state index contributed by atoms with van der Waals surface area (Å²) in [7, 11) is 1.52. The number of halogens is 2. The summed E-state index contributed by atoms with van der Waals surface area (Å²) in [5.74, 6) is -1.89. The molecule has 2 amide bonds. The highest BCUT2D eigenvalue weighted by Crippen LogP contribution is 2.28. The summed E-state index contributed by atoms with van der Waals surface area (Å²) in [6.45, 7) is 0.150. The standard InChI is InChI=1S/C11H9F2N3O/c1-15-10(5-16(6-14)11(15)17)7-2-3-8(12)9(13)4-7/h2-4,10H,5H2,1H3. The van der Waals surface area contributed by atoms with Crippen molar-refractivity contribution in [1.82, 2.24) is 9.80 Å². The number of carbonyl (C=O) groups is 1. The molecule has 0 spiro atoms. The van der Waals surface area contributed by atoms with Gasteiger partial charge in [0.05, 0.1) is 12.6 Å². The third-order valence-electron chi connectivity index (χ3n) is 2.80. The van der Waals surface area contributed by atoms with E-state index in [4.69, 9.17) is 5.26 Å². The van der Waals surface area contributed by atoms with Gasteiger partial charge in [-0.2, -0.15) is 5.26 Å². The smallest absolute Gasteiger partial charge is 0.318 e. The fourth-order valence-corrected chi connectivity index (χ4v) is 1.83. The number of hydrogen-bond acceptors (Lipinski definition) is 2. The molecule has 6 heteroatoms. The Bertz CT molecular complexity index is 512. The van der Waals surface area contributed by atoms with Gasteiger partial charge >= 0.3 is 6.03 Å². The van der Waals surface area contributed by atoms with E-state index < -0.39 is 23.7 Å². The van der Waals surface area contributed by atoms with Gasteiger partial charge in [-0.1, -0.05) is 6.07 Å². The Hall–Kier alpha value is -2.16. The quantitative estimate of drug-likeness (QED) is 0.700. The number of carbonyl (C=O) groups excluding carboxylic acids is 1. The molecule has 1 atom stereocenters. The molecule has 0 aliphatic carbocycles. The molecule has 2 rings (SSSR count). The maximum absolute atomic E-state index is 13.1. The summed E-state index contributed by atoms with van der Waals surface area (Å²) in [6, 6.07) is 2.59. The van der Waals surface area contributed by atoms with Crippen LogP contribution in [0.25, 0.3) is 0 Å². The first-order valence-electron chi connectivity index (χ1n) is 4.93. The zero-order valence-corrected chi connectivity index (χ0v) is 9.02. The molecule has 0 aromatic heterocycles. The van der Waals surface area contributed by atoms with Gasteiger partial charge in [0, 0.05) is 7.05 Å². The highest BCUT2D eigenvalue weighted by Gasteiger charge is 2.35. The van der Waals surface area contributed by atoms with E-state index in [9.17, 15) is 13.6 Å². The number of nitrogens with zero attached hydrogens (tertiary/aromatic N) is 3. The molecular formula is C11H9F2N3O. The van der Waals surface area contributed by atoms with E-state index in [1.54, 1.807) is 6.19 Å². The van der Waals surface area contributed by atoms with E-state index in [1.807, 2.05) is 0 Å². The second kappa shape index (κ2) is 4.01. The number of likely N-dealkylation sites (N-methyl/N-ethyl adjacent to an activating group) is 1. The largest absolute Gasteiger partial charge is 0.333 e. The zero-order chi connectivity index (χ0) is 12.6. The Kier molecular flexibility index (Phi) is 2.68. The fourth-order valence-electron chi connectivity index (χ4n) is 1.83. The van der Waals surface area contributed by atoms with Crippen molar-refractivity contribution in [2.45, 2.75) is 6.04 Å². The van der Waals surface area contributed by atoms with Gasteiger partial charge in [-0.05, 0) is 17.7 Å². The van der Waals surface area contributed by atoms with E-state index in [1.165, 1.54) is 18.0 Å². The monoisotopic (exact) mass is 237 g/mol. The number of nitriles is 1. The van der Waals surface area contributed by atoms with Crippen molar-refractivity contribution in [3.63, 3.8) is 0 Å². The number of benzene rings is 1. The van der Waals surface area contributed by atoms with Crippen molar-refractivity contribution in [2.24, 2.45) is 0 Å². The first-order valence-corrected chi connectivity index (χ1v) is 4.93. The van der Waals surface area contributed by atoms with Gasteiger partial charge in [0.2, 0.25) is 0 Å². The Labute approximate surface area is 96.7 Å². The SMILES string of the molecule is CN1C(=O)N(C#N)CC1c1ccc(F)c(F)c1. The molecule has 17 heavy (non-hydrogen) atoms. The molecule has 1 aromatic rings. The lowest BCUT2D eigenvalue weighted by molar-refractivity contribution is 0.205. The molecule has 0 bridgehead atoms. The normalized spacial score (nSPS) is 19.6. The van der Waals surface area contributed by atoms with Gasteiger partial charge in [-0.25, -0.2) is 18.5 Å². The molecule has 0 radical (unpaired) electrons. The summed E-state index contributed by atoms with van der Waals surface area (Å²) in [4.78, 5) is 13.8. The number of urea groups is 1. The Balaban J connectivity index is 2.33. The molecule has 1 heterocycles.